The number of benzene rings is 2. The highest BCUT2D eigenvalue weighted by Gasteiger charge is 2.06. The summed E-state index contributed by atoms with van der Waals surface area (Å²) in [4.78, 5) is 42.6. The number of H-pyrrole nitrogens is 2. The molecule has 4 aromatic heterocycles. The molecular formula is C46H47F2N7O2S2. The van der Waals surface area contributed by atoms with E-state index >= 15 is 0 Å². The normalized spacial score (nSPS) is 9.93. The van der Waals surface area contributed by atoms with Crippen LogP contribution in [0.4, 0.5) is 8.78 Å². The number of rotatable bonds is 14. The minimum Gasteiger partial charge on any atom is -0.346 e. The van der Waals surface area contributed by atoms with Crippen molar-refractivity contribution in [2.45, 2.75) is 65.3 Å². The van der Waals surface area contributed by atoms with Gasteiger partial charge in [0.15, 0.2) is 0 Å². The summed E-state index contributed by atoms with van der Waals surface area (Å²) in [5.41, 5.74) is 10.7. The molecule has 0 aliphatic carbocycles. The van der Waals surface area contributed by atoms with Crippen LogP contribution in [0.5, 0.6) is 0 Å². The Labute approximate surface area is 356 Å². The number of isothiocyanates is 1. The lowest BCUT2D eigenvalue weighted by molar-refractivity contribution is -0.116. The van der Waals surface area contributed by atoms with Crippen LogP contribution in [0.1, 0.15) is 76.0 Å². The Hall–Kier alpha value is -6.21. The summed E-state index contributed by atoms with van der Waals surface area (Å²) in [6, 6.07) is 19.5. The highest BCUT2D eigenvalue weighted by atomic mass is 32.1. The third-order valence-electron chi connectivity index (χ3n) is 8.47. The van der Waals surface area contributed by atoms with Crippen molar-refractivity contribution in [2.24, 2.45) is 10.7 Å². The molecule has 0 bridgehead atoms. The number of unbranched alkanes of at least 4 members (excludes halogenated alkanes) is 2. The van der Waals surface area contributed by atoms with Gasteiger partial charge in [0, 0.05) is 66.9 Å². The number of carbonyl (C=O) groups excluding carboxylic acids is 2. The van der Waals surface area contributed by atoms with Gasteiger partial charge in [-0.2, -0.15) is 0 Å². The molecule has 6 aromatic rings. The molecule has 304 valence electrons. The number of ketones is 1. The fourth-order valence-electron chi connectivity index (χ4n) is 5.44. The molecule has 0 saturated carbocycles. The molecule has 0 unspecified atom stereocenters. The van der Waals surface area contributed by atoms with E-state index in [1.54, 1.807) is 18.3 Å². The van der Waals surface area contributed by atoms with Crippen molar-refractivity contribution in [2.75, 3.05) is 13.1 Å². The zero-order chi connectivity index (χ0) is 43.4. The van der Waals surface area contributed by atoms with E-state index in [0.717, 1.165) is 77.4 Å². The Kier molecular flexibility index (Phi) is 20.6. The standard InChI is InChI=1S/C24H23FN2OS.C12H13FN2O.C9H7N3S.CH4/c25-20-10-6-18(7-11-20)8-12-21(28)4-2-1-3-5-22(29)13-9-19-14-16-26-24-23(19)15-17-27-24;13-11-5-2-10(3-6-11)4-7-12(16)15-9-1-8-14;13-6-10-5-7-1-3-11-9-8(7)2-4-12-9;/h6-7,10-11,14-17H,1-5,9,13H2,(H,26,27);2-3,5-6H,1,8-9,14H2,(H,15,16);1-4H,5H2,(H,11,12);1H4/i;;;1D. The molecule has 2 aromatic carbocycles. The molecule has 4 heterocycles. The van der Waals surface area contributed by atoms with Crippen LogP contribution in [-0.2, 0) is 22.6 Å². The van der Waals surface area contributed by atoms with Crippen molar-refractivity contribution in [3.05, 3.63) is 131 Å². The van der Waals surface area contributed by atoms with Gasteiger partial charge < -0.3 is 21.0 Å². The highest BCUT2D eigenvalue weighted by Crippen LogP contribution is 2.18. The predicted molar refractivity (Wildman–Crippen MR) is 240 cm³/mol. The molecule has 13 heteroatoms. The number of aryl methyl sites for hydroxylation is 1. The second-order valence-corrected chi connectivity index (χ2v) is 13.5. The summed E-state index contributed by atoms with van der Waals surface area (Å²) in [7, 11) is 1.25. The van der Waals surface area contributed by atoms with Crippen molar-refractivity contribution in [1.29, 1.82) is 0 Å². The number of amides is 1. The summed E-state index contributed by atoms with van der Waals surface area (Å²) >= 11 is 10.0. The number of pyridine rings is 2. The van der Waals surface area contributed by atoms with Gasteiger partial charge >= 0.3 is 0 Å². The van der Waals surface area contributed by atoms with Gasteiger partial charge in [-0.15, -0.1) is 0 Å². The van der Waals surface area contributed by atoms with E-state index in [0.29, 0.717) is 37.2 Å². The van der Waals surface area contributed by atoms with E-state index in [-0.39, 0.29) is 23.3 Å². The first-order chi connectivity index (χ1) is 29.2. The number of nitrogens with one attached hydrogen (secondary N) is 3. The third kappa shape index (κ3) is 17.4. The highest BCUT2D eigenvalue weighted by molar-refractivity contribution is 7.80. The van der Waals surface area contributed by atoms with Crippen LogP contribution in [0.3, 0.4) is 0 Å². The topological polar surface area (TPSA) is 142 Å². The Bertz CT molecular complexity index is 2440. The number of carbonyl (C=O) groups is 2. The summed E-state index contributed by atoms with van der Waals surface area (Å²) in [6.07, 6.45) is 14.0. The van der Waals surface area contributed by atoms with Crippen molar-refractivity contribution in [3.8, 4) is 23.7 Å². The summed E-state index contributed by atoms with van der Waals surface area (Å²) < 4.78 is 31.1. The Morgan fingerprint density at radius 2 is 1.32 bits per heavy atom. The quantitative estimate of drug-likeness (QED) is 0.0372. The number of thiocarbonyl (C=S) groups is 2. The average Bonchev–Trinajstić information content (AvgIpc) is 3.97. The van der Waals surface area contributed by atoms with Gasteiger partial charge in [0.25, 0.3) is 5.91 Å². The SMILES string of the molecule is NCCCNC(=O)C#Cc1ccc(F)cc1.O=C(C#Cc1ccc(F)cc1)CCCCCC(=S)CCc1ccnc2[nH]ccc12.S=C=NCc1ccnc2[nH]ccc12.[2H]C. The second kappa shape index (κ2) is 26.7. The molecule has 5 N–H and O–H groups in total. The van der Waals surface area contributed by atoms with Crippen LogP contribution in [-0.4, -0.2) is 54.7 Å². The number of Topliss-reactive ketones (excluding diaryl/α,β-unsaturated/α-hetero) is 1. The fourth-order valence-corrected chi connectivity index (χ4v) is 5.75. The number of aromatic amines is 2. The van der Waals surface area contributed by atoms with E-state index in [1.807, 2.05) is 30.7 Å². The molecule has 0 fully saturated rings. The van der Waals surface area contributed by atoms with Gasteiger partial charge in [0.2, 0.25) is 5.78 Å². The zero-order valence-corrected chi connectivity index (χ0v) is 34.5. The summed E-state index contributed by atoms with van der Waals surface area (Å²) in [5, 5.41) is 7.21. The van der Waals surface area contributed by atoms with E-state index < -0.39 is 0 Å². The lowest BCUT2D eigenvalue weighted by atomic mass is 10.0. The van der Waals surface area contributed by atoms with Crippen LogP contribution in [0, 0.1) is 35.3 Å². The maximum Gasteiger partial charge on any atom is 0.296 e. The van der Waals surface area contributed by atoms with E-state index in [1.165, 1.54) is 49.4 Å². The molecule has 0 spiro atoms. The number of fused-ring (bicyclic) bond motifs is 2. The molecule has 0 radical (unpaired) electrons. The van der Waals surface area contributed by atoms with Gasteiger partial charge in [-0.25, -0.2) is 23.7 Å². The van der Waals surface area contributed by atoms with Gasteiger partial charge in [-0.05, 0) is 152 Å². The van der Waals surface area contributed by atoms with Crippen LogP contribution < -0.4 is 11.1 Å². The molecule has 9 nitrogen and oxygen atoms in total. The monoisotopic (exact) mass is 832 g/mol. The Balaban J connectivity index is 0.000000260. The minimum absolute atomic E-state index is 0.0786. The van der Waals surface area contributed by atoms with Crippen LogP contribution in [0.2, 0.25) is 0 Å². The molecule has 0 atom stereocenters. The van der Waals surface area contributed by atoms with Gasteiger partial charge in [0.1, 0.15) is 22.9 Å². The van der Waals surface area contributed by atoms with Crippen LogP contribution in [0.25, 0.3) is 22.1 Å². The van der Waals surface area contributed by atoms with Gasteiger partial charge in [-0.3, -0.25) is 9.59 Å². The molecular weight excluding hydrogens is 785 g/mol. The summed E-state index contributed by atoms with van der Waals surface area (Å²) in [6.45, 7) is 1.62. The smallest absolute Gasteiger partial charge is 0.296 e. The van der Waals surface area contributed by atoms with E-state index in [2.05, 4.69) is 83.4 Å². The predicted octanol–water partition coefficient (Wildman–Crippen LogP) is 9.02. The fraction of sp³-hybridized carbons (Fsp3) is 0.261. The van der Waals surface area contributed by atoms with Crippen molar-refractivity contribution in [3.63, 3.8) is 0 Å². The first-order valence-electron chi connectivity index (χ1n) is 19.7. The Morgan fingerprint density at radius 3 is 1.92 bits per heavy atom. The first-order valence-corrected chi connectivity index (χ1v) is 19.5. The number of aromatic nitrogens is 4. The van der Waals surface area contributed by atoms with Crippen LogP contribution in [0.15, 0.2) is 103 Å². The van der Waals surface area contributed by atoms with Crippen molar-refractivity contribution in [1.82, 2.24) is 25.3 Å². The number of nitrogens with two attached hydrogens (primary N) is 1. The minimum atomic E-state index is -0.349. The maximum absolute atomic E-state index is 12.8. The van der Waals surface area contributed by atoms with Crippen molar-refractivity contribution < 1.29 is 19.7 Å². The number of aliphatic imine (C=N–C) groups is 1. The second-order valence-electron chi connectivity index (χ2n) is 12.8. The Morgan fingerprint density at radius 1 is 0.763 bits per heavy atom. The average molecular weight is 833 g/mol. The van der Waals surface area contributed by atoms with Gasteiger partial charge in [0.05, 0.1) is 11.7 Å². The van der Waals surface area contributed by atoms with E-state index in [9.17, 15) is 18.4 Å². The molecule has 6 rings (SSSR count). The molecule has 0 saturated heterocycles. The molecule has 59 heavy (non-hydrogen) atoms. The number of hydrogen-bond donors (Lipinski definition) is 4. The number of hydrogen-bond acceptors (Lipinski definition) is 8. The zero-order valence-electron chi connectivity index (χ0n) is 33.8. The van der Waals surface area contributed by atoms with Crippen molar-refractivity contribution >= 4 is 68.2 Å². The first kappa shape index (κ1) is 45.5. The molecule has 0 aliphatic rings. The molecule has 1 amide bonds. The summed E-state index contributed by atoms with van der Waals surface area (Å²) in [5.74, 6) is 9.40. The lowest BCUT2D eigenvalue weighted by Gasteiger charge is -2.05. The number of nitrogens with zero attached hydrogens (tertiary/aromatic N) is 3. The largest absolute Gasteiger partial charge is 0.346 e. The third-order valence-corrected chi connectivity index (χ3v) is 9.01. The van der Waals surface area contributed by atoms with E-state index in [4.69, 9.17) is 19.3 Å². The van der Waals surface area contributed by atoms with Gasteiger partial charge in [-0.1, -0.05) is 37.9 Å². The van der Waals surface area contributed by atoms with Crippen LogP contribution >= 0.6 is 24.4 Å². The molecule has 0 aliphatic heterocycles. The number of halogens is 2. The lowest BCUT2D eigenvalue weighted by Crippen LogP contribution is -2.24. The maximum atomic E-state index is 12.8.